The van der Waals surface area contributed by atoms with Crippen molar-refractivity contribution in [3.05, 3.63) is 71.3 Å². The van der Waals surface area contributed by atoms with Crippen LogP contribution in [0.1, 0.15) is 42.6 Å². The molecule has 1 nitrogen and oxygen atoms in total. The fourth-order valence-corrected chi connectivity index (χ4v) is 2.19. The van der Waals surface area contributed by atoms with Gasteiger partial charge in [-0.15, -0.1) is 0 Å². The van der Waals surface area contributed by atoms with Gasteiger partial charge in [0.2, 0.25) is 0 Å². The van der Waals surface area contributed by atoms with Crippen molar-refractivity contribution in [2.75, 3.05) is 0 Å². The number of hydrogen-bond acceptors (Lipinski definition) is 1. The summed E-state index contributed by atoms with van der Waals surface area (Å²) in [5, 5.41) is 9.47. The zero-order valence-electron chi connectivity index (χ0n) is 11.0. The molecule has 2 atom stereocenters. The molecular formula is C17H20O. The van der Waals surface area contributed by atoms with Gasteiger partial charge in [0, 0.05) is 0 Å². The number of benzene rings is 2. The van der Waals surface area contributed by atoms with Gasteiger partial charge in [0.15, 0.2) is 0 Å². The first kappa shape index (κ1) is 12.8. The molecule has 2 aromatic carbocycles. The van der Waals surface area contributed by atoms with Gasteiger partial charge in [-0.2, -0.15) is 0 Å². The second-order valence-electron chi connectivity index (χ2n) is 4.93. The Kier molecular flexibility index (Phi) is 4.16. The van der Waals surface area contributed by atoms with Crippen molar-refractivity contribution in [1.82, 2.24) is 0 Å². The normalized spacial score (nSPS) is 14.2. The number of rotatable bonds is 4. The molecule has 0 heterocycles. The third kappa shape index (κ3) is 3.21. The second-order valence-corrected chi connectivity index (χ2v) is 4.93. The molecule has 2 rings (SSSR count). The molecule has 0 aliphatic carbocycles. The summed E-state index contributed by atoms with van der Waals surface area (Å²) in [6, 6.07) is 18.8. The fraction of sp³-hybridized carbons (Fsp3) is 0.294. The second kappa shape index (κ2) is 5.83. The third-order valence-electron chi connectivity index (χ3n) is 3.37. The van der Waals surface area contributed by atoms with Crippen LogP contribution in [0.25, 0.3) is 0 Å². The topological polar surface area (TPSA) is 20.2 Å². The summed E-state index contributed by atoms with van der Waals surface area (Å²) >= 11 is 0. The minimum Gasteiger partial charge on any atom is -0.389 e. The first-order chi connectivity index (χ1) is 8.66. The van der Waals surface area contributed by atoms with Crippen LogP contribution in [0.2, 0.25) is 0 Å². The highest BCUT2D eigenvalue weighted by Crippen LogP contribution is 2.21. The Hall–Kier alpha value is -1.60. The van der Waals surface area contributed by atoms with E-state index in [-0.39, 0.29) is 6.10 Å². The molecule has 0 bridgehead atoms. The highest BCUT2D eigenvalue weighted by atomic mass is 16.3. The SMILES string of the molecule is CC(O)c1ccc(CC(C)c2ccccc2)cc1. The summed E-state index contributed by atoms with van der Waals surface area (Å²) < 4.78 is 0. The Morgan fingerprint density at radius 3 is 2.00 bits per heavy atom. The first-order valence-corrected chi connectivity index (χ1v) is 6.48. The molecular weight excluding hydrogens is 220 g/mol. The van der Waals surface area contributed by atoms with Gasteiger partial charge in [-0.3, -0.25) is 0 Å². The molecule has 0 aromatic heterocycles. The molecule has 0 saturated carbocycles. The minimum atomic E-state index is -0.384. The van der Waals surface area contributed by atoms with Crippen LogP contribution >= 0.6 is 0 Å². The van der Waals surface area contributed by atoms with Gasteiger partial charge >= 0.3 is 0 Å². The molecule has 0 amide bonds. The van der Waals surface area contributed by atoms with Crippen LogP contribution < -0.4 is 0 Å². The van der Waals surface area contributed by atoms with E-state index in [2.05, 4.69) is 43.3 Å². The van der Waals surface area contributed by atoms with Crippen molar-refractivity contribution < 1.29 is 5.11 Å². The van der Waals surface area contributed by atoms with Gasteiger partial charge < -0.3 is 5.11 Å². The zero-order valence-corrected chi connectivity index (χ0v) is 11.0. The molecule has 2 unspecified atom stereocenters. The maximum Gasteiger partial charge on any atom is 0.0761 e. The number of aliphatic hydroxyl groups excluding tert-OH is 1. The van der Waals surface area contributed by atoms with Gasteiger partial charge in [0.1, 0.15) is 0 Å². The standard InChI is InChI=1S/C17H20O/c1-13(16-6-4-3-5-7-16)12-15-8-10-17(11-9-15)14(2)18/h3-11,13-14,18H,12H2,1-2H3. The molecule has 1 heteroatoms. The first-order valence-electron chi connectivity index (χ1n) is 6.48. The fourth-order valence-electron chi connectivity index (χ4n) is 2.19. The number of aliphatic hydroxyl groups is 1. The van der Waals surface area contributed by atoms with E-state index in [1.165, 1.54) is 11.1 Å². The van der Waals surface area contributed by atoms with E-state index in [1.807, 2.05) is 18.2 Å². The van der Waals surface area contributed by atoms with E-state index in [0.717, 1.165) is 12.0 Å². The Bertz CT molecular complexity index is 471. The molecule has 0 radical (unpaired) electrons. The van der Waals surface area contributed by atoms with Crippen molar-refractivity contribution in [1.29, 1.82) is 0 Å². The molecule has 0 aliphatic rings. The summed E-state index contributed by atoms with van der Waals surface area (Å²) in [5.41, 5.74) is 3.67. The van der Waals surface area contributed by atoms with Crippen molar-refractivity contribution in [2.45, 2.75) is 32.3 Å². The monoisotopic (exact) mass is 240 g/mol. The quantitative estimate of drug-likeness (QED) is 0.853. The van der Waals surface area contributed by atoms with E-state index in [0.29, 0.717) is 5.92 Å². The lowest BCUT2D eigenvalue weighted by molar-refractivity contribution is 0.199. The van der Waals surface area contributed by atoms with E-state index >= 15 is 0 Å². The van der Waals surface area contributed by atoms with Crippen LogP contribution in [0.5, 0.6) is 0 Å². The van der Waals surface area contributed by atoms with Crippen LogP contribution in [-0.4, -0.2) is 5.11 Å². The Balaban J connectivity index is 2.05. The lowest BCUT2D eigenvalue weighted by Crippen LogP contribution is -1.99. The van der Waals surface area contributed by atoms with Crippen LogP contribution in [0.15, 0.2) is 54.6 Å². The Morgan fingerprint density at radius 1 is 0.833 bits per heavy atom. The molecule has 0 spiro atoms. The van der Waals surface area contributed by atoms with Crippen LogP contribution in [-0.2, 0) is 6.42 Å². The van der Waals surface area contributed by atoms with Gasteiger partial charge in [-0.1, -0.05) is 61.5 Å². The van der Waals surface area contributed by atoms with Crippen LogP contribution in [0.4, 0.5) is 0 Å². The highest BCUT2D eigenvalue weighted by Gasteiger charge is 2.06. The lowest BCUT2D eigenvalue weighted by atomic mass is 9.93. The summed E-state index contributed by atoms with van der Waals surface area (Å²) in [6.45, 7) is 4.04. The third-order valence-corrected chi connectivity index (χ3v) is 3.37. The maximum absolute atomic E-state index is 9.47. The van der Waals surface area contributed by atoms with E-state index in [4.69, 9.17) is 0 Å². The average Bonchev–Trinajstić information content (AvgIpc) is 2.40. The predicted octanol–water partition coefficient (Wildman–Crippen LogP) is 4.09. The maximum atomic E-state index is 9.47. The van der Waals surface area contributed by atoms with Crippen molar-refractivity contribution >= 4 is 0 Å². The Morgan fingerprint density at radius 2 is 1.44 bits per heavy atom. The van der Waals surface area contributed by atoms with Crippen molar-refractivity contribution in [3.63, 3.8) is 0 Å². The molecule has 1 N–H and O–H groups in total. The lowest BCUT2D eigenvalue weighted by Gasteiger charge is -2.12. The Labute approximate surface area is 109 Å². The molecule has 0 aliphatic heterocycles. The van der Waals surface area contributed by atoms with Gasteiger partial charge in [-0.05, 0) is 36.0 Å². The average molecular weight is 240 g/mol. The summed E-state index contributed by atoms with van der Waals surface area (Å²) in [7, 11) is 0. The molecule has 18 heavy (non-hydrogen) atoms. The summed E-state index contributed by atoms with van der Waals surface area (Å²) in [4.78, 5) is 0. The molecule has 0 saturated heterocycles. The van der Waals surface area contributed by atoms with Crippen molar-refractivity contribution in [2.24, 2.45) is 0 Å². The summed E-state index contributed by atoms with van der Waals surface area (Å²) in [5.74, 6) is 0.517. The number of hydrogen-bond donors (Lipinski definition) is 1. The minimum absolute atomic E-state index is 0.384. The predicted molar refractivity (Wildman–Crippen MR) is 75.6 cm³/mol. The van der Waals surface area contributed by atoms with Gasteiger partial charge in [0.05, 0.1) is 6.10 Å². The van der Waals surface area contributed by atoms with E-state index in [1.54, 1.807) is 6.92 Å². The van der Waals surface area contributed by atoms with Crippen LogP contribution in [0, 0.1) is 0 Å². The van der Waals surface area contributed by atoms with E-state index < -0.39 is 0 Å². The van der Waals surface area contributed by atoms with E-state index in [9.17, 15) is 5.11 Å². The van der Waals surface area contributed by atoms with Gasteiger partial charge in [-0.25, -0.2) is 0 Å². The van der Waals surface area contributed by atoms with Crippen LogP contribution in [0.3, 0.4) is 0 Å². The zero-order chi connectivity index (χ0) is 13.0. The summed E-state index contributed by atoms with van der Waals surface area (Å²) in [6.07, 6.45) is 0.648. The molecule has 94 valence electrons. The van der Waals surface area contributed by atoms with Crippen molar-refractivity contribution in [3.8, 4) is 0 Å². The molecule has 2 aromatic rings. The smallest absolute Gasteiger partial charge is 0.0761 e. The van der Waals surface area contributed by atoms with Gasteiger partial charge in [0.25, 0.3) is 0 Å². The molecule has 0 fully saturated rings. The highest BCUT2D eigenvalue weighted by molar-refractivity contribution is 5.27. The largest absolute Gasteiger partial charge is 0.389 e.